The van der Waals surface area contributed by atoms with E-state index in [9.17, 15) is 0 Å². The summed E-state index contributed by atoms with van der Waals surface area (Å²) in [6, 6.07) is 66.6. The van der Waals surface area contributed by atoms with E-state index in [0.717, 1.165) is 77.0 Å². The summed E-state index contributed by atoms with van der Waals surface area (Å²) in [5.74, 6) is 1.74. The van der Waals surface area contributed by atoms with Crippen molar-refractivity contribution in [1.82, 2.24) is 24.1 Å². The first-order valence-corrected chi connectivity index (χ1v) is 21.6. The normalized spacial score (nSPS) is 12.2. The maximum absolute atomic E-state index is 6.86. The molecule has 0 radical (unpaired) electrons. The van der Waals surface area contributed by atoms with Crippen molar-refractivity contribution in [2.45, 2.75) is 0 Å². The van der Waals surface area contributed by atoms with Gasteiger partial charge >= 0.3 is 0 Å². The molecule has 0 aliphatic carbocycles. The highest BCUT2D eigenvalue weighted by Crippen LogP contribution is 2.43. The van der Waals surface area contributed by atoms with Crippen LogP contribution in [0.3, 0.4) is 0 Å². The second-order valence-corrected chi connectivity index (χ2v) is 17.1. The fraction of sp³-hybridized carbons (Fsp3) is 0. The molecule has 62 heavy (non-hydrogen) atoms. The summed E-state index contributed by atoms with van der Waals surface area (Å²) >= 11 is 1.79. The van der Waals surface area contributed by atoms with Crippen molar-refractivity contribution in [1.29, 1.82) is 0 Å². The minimum absolute atomic E-state index is 0.556. The Bertz CT molecular complexity index is 4130. The number of nitrogens with zero attached hydrogens (tertiary/aromatic N) is 5. The summed E-state index contributed by atoms with van der Waals surface area (Å²) in [6.45, 7) is 0. The number of rotatable bonds is 4. The second kappa shape index (κ2) is 12.7. The largest absolute Gasteiger partial charge is 0.454 e. The van der Waals surface area contributed by atoms with Gasteiger partial charge in [0.1, 0.15) is 5.58 Å². The number of thiophene rings is 1. The lowest BCUT2D eigenvalue weighted by Crippen LogP contribution is -2.07. The van der Waals surface area contributed by atoms with E-state index in [4.69, 9.17) is 19.4 Å². The van der Waals surface area contributed by atoms with Crippen LogP contribution in [0.5, 0.6) is 0 Å². The summed E-state index contributed by atoms with van der Waals surface area (Å²) in [4.78, 5) is 16.3. The first-order valence-electron chi connectivity index (χ1n) is 20.8. The van der Waals surface area contributed by atoms with Crippen LogP contribution in [-0.2, 0) is 0 Å². The molecule has 0 N–H and O–H groups in total. The molecule has 0 aliphatic heterocycles. The molecule has 14 aromatic rings. The van der Waals surface area contributed by atoms with Gasteiger partial charge in [-0.25, -0.2) is 4.98 Å². The number of benzene rings is 9. The zero-order valence-electron chi connectivity index (χ0n) is 33.0. The van der Waals surface area contributed by atoms with Gasteiger partial charge in [0.05, 0.1) is 27.8 Å². The molecule has 6 nitrogen and oxygen atoms in total. The molecule has 0 atom stereocenters. The van der Waals surface area contributed by atoms with E-state index in [2.05, 4.69) is 185 Å². The van der Waals surface area contributed by atoms with Crippen LogP contribution >= 0.6 is 11.3 Å². The fourth-order valence-corrected chi connectivity index (χ4v) is 11.0. The molecule has 5 aromatic heterocycles. The third kappa shape index (κ3) is 4.76. The van der Waals surface area contributed by atoms with Crippen molar-refractivity contribution in [3.63, 3.8) is 0 Å². The van der Waals surface area contributed by atoms with Gasteiger partial charge in [-0.3, -0.25) is 4.57 Å². The van der Waals surface area contributed by atoms with E-state index in [1.807, 2.05) is 12.1 Å². The smallest absolute Gasteiger partial charge is 0.238 e. The quantitative estimate of drug-likeness (QED) is 0.178. The van der Waals surface area contributed by atoms with Gasteiger partial charge in [-0.1, -0.05) is 127 Å². The van der Waals surface area contributed by atoms with Gasteiger partial charge in [-0.2, -0.15) is 9.97 Å². The molecule has 0 unspecified atom stereocenters. The summed E-state index contributed by atoms with van der Waals surface area (Å²) in [7, 11) is 0. The number of furan rings is 1. The Morgan fingerprint density at radius 2 is 1.00 bits per heavy atom. The molecule has 0 amide bonds. The molecule has 0 saturated heterocycles. The number of para-hydroxylation sites is 4. The van der Waals surface area contributed by atoms with E-state index in [0.29, 0.717) is 17.6 Å². The van der Waals surface area contributed by atoms with E-state index in [1.54, 1.807) is 11.3 Å². The van der Waals surface area contributed by atoms with Gasteiger partial charge in [0.25, 0.3) is 0 Å². The monoisotopic (exact) mass is 809 g/mol. The molecule has 0 spiro atoms. The van der Waals surface area contributed by atoms with Gasteiger partial charge in [0, 0.05) is 63.6 Å². The van der Waals surface area contributed by atoms with Crippen molar-refractivity contribution in [3.8, 4) is 34.4 Å². The molecule has 9 aromatic carbocycles. The second-order valence-electron chi connectivity index (χ2n) is 16.0. The zero-order valence-corrected chi connectivity index (χ0v) is 33.8. The topological polar surface area (TPSA) is 61.7 Å². The predicted molar refractivity (Wildman–Crippen MR) is 257 cm³/mol. The highest BCUT2D eigenvalue weighted by atomic mass is 32.1. The molecule has 0 bridgehead atoms. The van der Waals surface area contributed by atoms with Crippen molar-refractivity contribution >= 4 is 108 Å². The van der Waals surface area contributed by atoms with Crippen LogP contribution in [0.2, 0.25) is 0 Å². The number of aromatic nitrogens is 5. The minimum atomic E-state index is 0.556. The van der Waals surface area contributed by atoms with Gasteiger partial charge in [0.15, 0.2) is 17.2 Å². The highest BCUT2D eigenvalue weighted by Gasteiger charge is 2.24. The molecule has 14 rings (SSSR count). The lowest BCUT2D eigenvalue weighted by atomic mass is 10.0. The molecule has 0 aliphatic rings. The first-order chi connectivity index (χ1) is 30.7. The minimum Gasteiger partial charge on any atom is -0.454 e. The Kier molecular flexibility index (Phi) is 6.89. The van der Waals surface area contributed by atoms with Crippen LogP contribution in [0.15, 0.2) is 192 Å². The number of fused-ring (bicyclic) bond motifs is 13. The van der Waals surface area contributed by atoms with E-state index >= 15 is 0 Å². The Labute approximate surface area is 357 Å². The first kappa shape index (κ1) is 33.7. The lowest BCUT2D eigenvalue weighted by Gasteiger charge is -2.14. The van der Waals surface area contributed by atoms with Gasteiger partial charge < -0.3 is 8.98 Å². The summed E-state index contributed by atoms with van der Waals surface area (Å²) in [6.07, 6.45) is 0. The summed E-state index contributed by atoms with van der Waals surface area (Å²) in [5, 5.41) is 11.4. The molecule has 7 heteroatoms. The van der Waals surface area contributed by atoms with Crippen molar-refractivity contribution in [2.75, 3.05) is 0 Å². The van der Waals surface area contributed by atoms with Gasteiger partial charge in [0.2, 0.25) is 5.95 Å². The standard InChI is InChI=1S/C55H31N5OS/c1-2-15-33-30-46-41(28-32(33)14-1)37-18-5-8-22-43(37)59(46)47-31-34(29-42-38-19-6-11-25-48(38)61-52(42)47)53-56-54(40-21-13-27-50-51(40)39-20-7-12-26-49(39)62-50)58-55(57-53)60-44-23-9-3-16-35(44)36-17-4-10-24-45(36)60/h1-31H. The van der Waals surface area contributed by atoms with Crippen LogP contribution in [-0.4, -0.2) is 24.1 Å². The molecule has 0 fully saturated rings. The van der Waals surface area contributed by atoms with E-state index in [1.165, 1.54) is 36.3 Å². The van der Waals surface area contributed by atoms with E-state index < -0.39 is 0 Å². The van der Waals surface area contributed by atoms with Gasteiger partial charge in [-0.05, 0) is 71.4 Å². The van der Waals surface area contributed by atoms with Crippen LogP contribution in [0.25, 0.3) is 131 Å². The Balaban J connectivity index is 1.12. The van der Waals surface area contributed by atoms with Crippen LogP contribution in [0.1, 0.15) is 0 Å². The SMILES string of the molecule is c1ccc2cc3c(cc2c1)c1ccccc1n3-c1cc(-c2nc(-c3cccc4sc5ccccc5c34)nc(-n3c4ccccc4c4ccccc43)n2)cc2c1oc1ccccc12. The van der Waals surface area contributed by atoms with Crippen molar-refractivity contribution in [3.05, 3.63) is 188 Å². The average Bonchev–Trinajstić information content (AvgIpc) is 4.08. The molecule has 5 heterocycles. The maximum Gasteiger partial charge on any atom is 0.238 e. The van der Waals surface area contributed by atoms with Crippen LogP contribution in [0.4, 0.5) is 0 Å². The molecule has 288 valence electrons. The molecular formula is C55H31N5OS. The third-order valence-electron chi connectivity index (χ3n) is 12.5. The van der Waals surface area contributed by atoms with Crippen molar-refractivity contribution in [2.24, 2.45) is 0 Å². The maximum atomic E-state index is 6.86. The summed E-state index contributed by atoms with van der Waals surface area (Å²) in [5.41, 5.74) is 8.63. The van der Waals surface area contributed by atoms with Crippen LogP contribution < -0.4 is 0 Å². The number of hydrogen-bond acceptors (Lipinski definition) is 5. The fourth-order valence-electron chi connectivity index (χ4n) is 9.83. The highest BCUT2D eigenvalue weighted by molar-refractivity contribution is 7.25. The molecular weight excluding hydrogens is 779 g/mol. The van der Waals surface area contributed by atoms with Crippen molar-refractivity contribution < 1.29 is 4.42 Å². The van der Waals surface area contributed by atoms with Crippen LogP contribution in [0, 0.1) is 0 Å². The van der Waals surface area contributed by atoms with E-state index in [-0.39, 0.29) is 0 Å². The molecule has 0 saturated carbocycles. The zero-order chi connectivity index (χ0) is 40.5. The third-order valence-corrected chi connectivity index (χ3v) is 13.7. The predicted octanol–water partition coefficient (Wildman–Crippen LogP) is 14.8. The Morgan fingerprint density at radius 3 is 1.77 bits per heavy atom. The van der Waals surface area contributed by atoms with Gasteiger partial charge in [-0.15, -0.1) is 11.3 Å². The number of hydrogen-bond donors (Lipinski definition) is 0. The lowest BCUT2D eigenvalue weighted by molar-refractivity contribution is 0.666. The summed E-state index contributed by atoms with van der Waals surface area (Å²) < 4.78 is 13.8. The average molecular weight is 810 g/mol. The Morgan fingerprint density at radius 1 is 0.403 bits per heavy atom. The Hall–Kier alpha value is -8.13.